The van der Waals surface area contributed by atoms with Crippen molar-refractivity contribution in [1.82, 2.24) is 34.6 Å². The quantitative estimate of drug-likeness (QED) is 0.382. The van der Waals surface area contributed by atoms with E-state index in [1.165, 1.54) is 29.2 Å². The summed E-state index contributed by atoms with van der Waals surface area (Å²) in [7, 11) is 0. The summed E-state index contributed by atoms with van der Waals surface area (Å²) in [6.45, 7) is 4.01. The molecular formula is C23H19F2N7O. The van der Waals surface area contributed by atoms with Gasteiger partial charge in [0, 0.05) is 11.6 Å². The molecular weight excluding hydrogens is 428 g/mol. The van der Waals surface area contributed by atoms with E-state index in [4.69, 9.17) is 4.74 Å². The van der Waals surface area contributed by atoms with Gasteiger partial charge in [0.25, 0.3) is 0 Å². The van der Waals surface area contributed by atoms with Crippen LogP contribution in [-0.4, -0.2) is 34.6 Å². The maximum Gasteiger partial charge on any atom is 0.242 e. The van der Waals surface area contributed by atoms with Crippen molar-refractivity contribution in [3.8, 4) is 28.4 Å². The van der Waals surface area contributed by atoms with E-state index in [1.807, 2.05) is 13.8 Å². The van der Waals surface area contributed by atoms with E-state index < -0.39 is 11.6 Å². The number of nitrogens with zero attached hydrogens (tertiary/aromatic N) is 7. The third kappa shape index (κ3) is 3.69. The molecule has 0 unspecified atom stereocenters. The molecule has 0 spiro atoms. The zero-order valence-corrected chi connectivity index (χ0v) is 17.9. The number of ether oxygens (including phenoxy) is 1. The molecule has 10 heteroatoms. The number of fused-ring (bicyclic) bond motifs is 1. The first-order chi connectivity index (χ1) is 16.0. The lowest BCUT2D eigenvalue weighted by molar-refractivity contribution is 0.271. The molecule has 0 atom stereocenters. The number of hydrogen-bond acceptors (Lipinski definition) is 6. The van der Waals surface area contributed by atoms with Crippen LogP contribution in [0.15, 0.2) is 61.1 Å². The van der Waals surface area contributed by atoms with Gasteiger partial charge in [-0.05, 0) is 32.0 Å². The number of hydrogen-bond donors (Lipinski definition) is 0. The summed E-state index contributed by atoms with van der Waals surface area (Å²) in [4.78, 5) is 4.25. The summed E-state index contributed by atoms with van der Waals surface area (Å²) in [6, 6.07) is 12.6. The molecule has 0 saturated carbocycles. The van der Waals surface area contributed by atoms with Gasteiger partial charge in [-0.1, -0.05) is 30.3 Å². The average Bonchev–Trinajstić information content (AvgIpc) is 3.43. The van der Waals surface area contributed by atoms with Crippen molar-refractivity contribution in [3.63, 3.8) is 0 Å². The summed E-state index contributed by atoms with van der Waals surface area (Å²) in [5, 5.41) is 16.8. The van der Waals surface area contributed by atoms with Crippen molar-refractivity contribution in [2.75, 3.05) is 0 Å². The van der Waals surface area contributed by atoms with Crippen molar-refractivity contribution in [3.05, 3.63) is 78.5 Å². The Morgan fingerprint density at radius 3 is 2.36 bits per heavy atom. The Morgan fingerprint density at radius 1 is 0.970 bits per heavy atom. The Bertz CT molecular complexity index is 1440. The molecule has 5 aromatic rings. The Kier molecular flexibility index (Phi) is 5.25. The highest BCUT2D eigenvalue weighted by atomic mass is 19.1. The smallest absolute Gasteiger partial charge is 0.242 e. The van der Waals surface area contributed by atoms with Gasteiger partial charge in [0.1, 0.15) is 30.1 Å². The summed E-state index contributed by atoms with van der Waals surface area (Å²) < 4.78 is 38.5. The first kappa shape index (κ1) is 20.7. The van der Waals surface area contributed by atoms with Crippen LogP contribution in [0.1, 0.15) is 25.7 Å². The summed E-state index contributed by atoms with van der Waals surface area (Å²) in [6.07, 6.45) is 2.90. The normalized spacial score (nSPS) is 11.4. The van der Waals surface area contributed by atoms with Crippen LogP contribution >= 0.6 is 0 Å². The van der Waals surface area contributed by atoms with Gasteiger partial charge in [-0.15, -0.1) is 10.2 Å². The van der Waals surface area contributed by atoms with Gasteiger partial charge in [-0.3, -0.25) is 0 Å². The summed E-state index contributed by atoms with van der Waals surface area (Å²) in [5.41, 5.74) is 1.30. The van der Waals surface area contributed by atoms with E-state index in [2.05, 4.69) is 25.4 Å². The summed E-state index contributed by atoms with van der Waals surface area (Å²) in [5.74, 6) is -0.0251. The molecule has 0 aliphatic carbocycles. The van der Waals surface area contributed by atoms with Crippen LogP contribution in [0.5, 0.6) is 5.88 Å². The molecule has 0 bridgehead atoms. The van der Waals surface area contributed by atoms with Crippen LogP contribution < -0.4 is 4.74 Å². The van der Waals surface area contributed by atoms with Crippen molar-refractivity contribution in [2.45, 2.75) is 26.5 Å². The highest BCUT2D eigenvalue weighted by Gasteiger charge is 2.23. The molecule has 0 radical (unpaired) electrons. The molecule has 2 aromatic carbocycles. The van der Waals surface area contributed by atoms with Gasteiger partial charge in [0.15, 0.2) is 11.6 Å². The number of rotatable bonds is 6. The van der Waals surface area contributed by atoms with Gasteiger partial charge < -0.3 is 4.74 Å². The maximum atomic E-state index is 14.8. The predicted octanol–water partition coefficient (Wildman–Crippen LogP) is 4.49. The van der Waals surface area contributed by atoms with Gasteiger partial charge in [0.2, 0.25) is 5.88 Å². The van der Waals surface area contributed by atoms with E-state index in [9.17, 15) is 8.78 Å². The SMILES string of the molecule is CC(C)n1ncnc1COc1nn2c(-c3ccccc3F)nncc2c1-c1ccccc1F. The fourth-order valence-electron chi connectivity index (χ4n) is 3.64. The number of aromatic nitrogens is 7. The molecule has 0 fully saturated rings. The summed E-state index contributed by atoms with van der Waals surface area (Å²) >= 11 is 0. The zero-order valence-electron chi connectivity index (χ0n) is 17.9. The lowest BCUT2D eigenvalue weighted by Gasteiger charge is -2.10. The van der Waals surface area contributed by atoms with Gasteiger partial charge in [-0.25, -0.2) is 23.0 Å². The number of benzene rings is 2. The molecule has 5 rings (SSSR count). The Morgan fingerprint density at radius 2 is 1.67 bits per heavy atom. The molecule has 0 saturated heterocycles. The largest absolute Gasteiger partial charge is 0.468 e. The van der Waals surface area contributed by atoms with Crippen LogP contribution in [0.25, 0.3) is 28.0 Å². The standard InChI is InChI=1S/C23H19F2N7O/c1-14(2)31-20(26-13-28-31)12-33-23-21(15-7-3-5-9-17(15)24)19-11-27-29-22(32(19)30-23)16-8-4-6-10-18(16)25/h3-11,13-14H,12H2,1-2H3. The Labute approximate surface area is 187 Å². The minimum atomic E-state index is -0.477. The number of halogens is 2. The first-order valence-electron chi connectivity index (χ1n) is 10.3. The Hall–Kier alpha value is -4.21. The van der Waals surface area contributed by atoms with Crippen molar-refractivity contribution in [2.24, 2.45) is 0 Å². The third-order valence-electron chi connectivity index (χ3n) is 5.15. The predicted molar refractivity (Wildman–Crippen MR) is 116 cm³/mol. The fourth-order valence-corrected chi connectivity index (χ4v) is 3.64. The van der Waals surface area contributed by atoms with Crippen LogP contribution in [0.2, 0.25) is 0 Å². The van der Waals surface area contributed by atoms with Crippen LogP contribution in [0.3, 0.4) is 0 Å². The van der Waals surface area contributed by atoms with Crippen molar-refractivity contribution in [1.29, 1.82) is 0 Å². The molecule has 0 aliphatic rings. The van der Waals surface area contributed by atoms with E-state index in [-0.39, 0.29) is 35.5 Å². The van der Waals surface area contributed by atoms with E-state index in [1.54, 1.807) is 41.1 Å². The molecule has 0 N–H and O–H groups in total. The van der Waals surface area contributed by atoms with Crippen molar-refractivity contribution < 1.29 is 13.5 Å². The highest BCUT2D eigenvalue weighted by Crippen LogP contribution is 2.37. The topological polar surface area (TPSA) is 83.0 Å². The van der Waals surface area contributed by atoms with Crippen molar-refractivity contribution >= 4 is 5.52 Å². The molecule has 3 aromatic heterocycles. The van der Waals surface area contributed by atoms with Crippen LogP contribution in [-0.2, 0) is 6.61 Å². The maximum absolute atomic E-state index is 14.8. The van der Waals surface area contributed by atoms with Gasteiger partial charge >= 0.3 is 0 Å². The monoisotopic (exact) mass is 447 g/mol. The zero-order chi connectivity index (χ0) is 22.9. The minimum Gasteiger partial charge on any atom is -0.468 e. The van der Waals surface area contributed by atoms with Gasteiger partial charge in [-0.2, -0.15) is 10.2 Å². The van der Waals surface area contributed by atoms with Crippen LogP contribution in [0, 0.1) is 11.6 Å². The lowest BCUT2D eigenvalue weighted by Crippen LogP contribution is -2.11. The second kappa shape index (κ2) is 8.38. The Balaban J connectivity index is 1.68. The molecule has 0 amide bonds. The molecule has 33 heavy (non-hydrogen) atoms. The minimum absolute atomic E-state index is 0.0550. The molecule has 8 nitrogen and oxygen atoms in total. The fraction of sp³-hybridized carbons (Fsp3) is 0.174. The van der Waals surface area contributed by atoms with E-state index in [0.717, 1.165) is 0 Å². The molecule has 0 aliphatic heterocycles. The van der Waals surface area contributed by atoms with E-state index >= 15 is 0 Å². The third-order valence-corrected chi connectivity index (χ3v) is 5.15. The van der Waals surface area contributed by atoms with E-state index in [0.29, 0.717) is 16.9 Å². The van der Waals surface area contributed by atoms with Gasteiger partial charge in [0.05, 0.1) is 17.3 Å². The lowest BCUT2D eigenvalue weighted by atomic mass is 10.1. The second-order valence-corrected chi connectivity index (χ2v) is 7.61. The van der Waals surface area contributed by atoms with Crippen LogP contribution in [0.4, 0.5) is 8.78 Å². The first-order valence-corrected chi connectivity index (χ1v) is 10.3. The molecule has 166 valence electrons. The highest BCUT2D eigenvalue weighted by molar-refractivity contribution is 5.85. The average molecular weight is 447 g/mol. The second-order valence-electron chi connectivity index (χ2n) is 7.61. The molecule has 3 heterocycles.